The first-order valence-electron chi connectivity index (χ1n) is 10.5. The average molecular weight is 401 g/mol. The van der Waals surface area contributed by atoms with Crippen molar-refractivity contribution >= 4 is 11.5 Å². The Morgan fingerprint density at radius 3 is 2.28 bits per heavy atom. The number of hydrogen-bond donors (Lipinski definition) is 3. The fourth-order valence-corrected chi connectivity index (χ4v) is 5.34. The molecule has 4 atom stereocenters. The van der Waals surface area contributed by atoms with E-state index in [0.29, 0.717) is 24.1 Å². The number of primary amides is 1. The van der Waals surface area contributed by atoms with Gasteiger partial charge in [0.1, 0.15) is 12.2 Å². The molecule has 0 radical (unpaired) electrons. The van der Waals surface area contributed by atoms with Gasteiger partial charge in [-0.25, -0.2) is 0 Å². The van der Waals surface area contributed by atoms with E-state index in [1.165, 1.54) is 0 Å². The Morgan fingerprint density at radius 2 is 1.76 bits per heavy atom. The lowest BCUT2D eigenvalue weighted by Crippen LogP contribution is -2.43. The van der Waals surface area contributed by atoms with E-state index in [4.69, 9.17) is 15.5 Å². The Bertz CT molecular complexity index is 858. The van der Waals surface area contributed by atoms with Gasteiger partial charge < -0.3 is 20.7 Å². The molecule has 3 aliphatic rings. The summed E-state index contributed by atoms with van der Waals surface area (Å²) in [5.41, 5.74) is 7.34. The number of aliphatic hydroxyl groups is 2. The van der Waals surface area contributed by atoms with E-state index < -0.39 is 29.3 Å². The molecule has 2 bridgehead atoms. The smallest absolute Gasteiger partial charge is 0.250 e. The summed E-state index contributed by atoms with van der Waals surface area (Å²) in [6, 6.07) is 3.63. The lowest BCUT2D eigenvalue weighted by molar-refractivity contribution is -0.153. The molecule has 0 aromatic carbocycles. The normalized spacial score (nSPS) is 38.6. The van der Waals surface area contributed by atoms with E-state index in [1.54, 1.807) is 6.07 Å². The highest BCUT2D eigenvalue weighted by Gasteiger charge is 2.62. The zero-order chi connectivity index (χ0) is 21.2. The molecule has 2 saturated heterocycles. The van der Waals surface area contributed by atoms with Crippen LogP contribution in [-0.2, 0) is 4.74 Å². The topological polar surface area (TPSA) is 106 Å². The molecule has 4 rings (SSSR count). The van der Waals surface area contributed by atoms with Gasteiger partial charge >= 0.3 is 0 Å². The van der Waals surface area contributed by atoms with Gasteiger partial charge in [0.05, 0.1) is 22.5 Å². The average Bonchev–Trinajstić information content (AvgIpc) is 2.77. The minimum absolute atomic E-state index is 0.0202. The Hall–Kier alpha value is -1.76. The fraction of sp³-hybridized carbons (Fsp3) is 0.652. The van der Waals surface area contributed by atoms with Crippen LogP contribution in [0.25, 0.3) is 5.57 Å². The fourth-order valence-electron chi connectivity index (χ4n) is 5.34. The van der Waals surface area contributed by atoms with Crippen LogP contribution in [-0.4, -0.2) is 44.5 Å². The number of hydrogen-bond acceptors (Lipinski definition) is 5. The van der Waals surface area contributed by atoms with Crippen LogP contribution in [0, 0.1) is 5.41 Å². The van der Waals surface area contributed by atoms with E-state index in [0.717, 1.165) is 30.5 Å². The second kappa shape index (κ2) is 6.62. The van der Waals surface area contributed by atoms with Crippen molar-refractivity contribution in [3.05, 3.63) is 35.2 Å². The number of aromatic nitrogens is 1. The summed E-state index contributed by atoms with van der Waals surface area (Å²) in [4.78, 5) is 17.0. The van der Waals surface area contributed by atoms with Gasteiger partial charge in [-0.1, -0.05) is 19.9 Å². The maximum absolute atomic E-state index is 12.1. The molecule has 1 aromatic rings. The zero-order valence-electron chi connectivity index (χ0n) is 17.7. The van der Waals surface area contributed by atoms with Crippen LogP contribution in [0.5, 0.6) is 0 Å². The van der Waals surface area contributed by atoms with Gasteiger partial charge in [0.2, 0.25) is 0 Å². The Balaban J connectivity index is 1.71. The molecular weight excluding hydrogens is 368 g/mol. The monoisotopic (exact) mass is 400 g/mol. The number of nitrogens with two attached hydrogens (primary N) is 1. The number of pyridine rings is 1. The highest BCUT2D eigenvalue weighted by molar-refractivity contribution is 5.97. The summed E-state index contributed by atoms with van der Waals surface area (Å²) in [6.45, 7) is 8.19. The number of carbonyl (C=O) groups is 1. The van der Waals surface area contributed by atoms with Gasteiger partial charge in [-0.05, 0) is 69.1 Å². The van der Waals surface area contributed by atoms with Crippen LogP contribution >= 0.6 is 0 Å². The molecule has 6 heteroatoms. The third-order valence-electron chi connectivity index (χ3n) is 7.20. The molecule has 2 fully saturated rings. The number of fused-ring (bicyclic) bond motifs is 2. The molecule has 6 nitrogen and oxygen atoms in total. The molecule has 1 aromatic heterocycles. The van der Waals surface area contributed by atoms with Crippen molar-refractivity contribution in [2.75, 3.05) is 0 Å². The van der Waals surface area contributed by atoms with E-state index in [1.807, 2.05) is 19.9 Å². The summed E-state index contributed by atoms with van der Waals surface area (Å²) < 4.78 is 6.07. The van der Waals surface area contributed by atoms with E-state index >= 15 is 0 Å². The molecule has 0 spiro atoms. The minimum Gasteiger partial charge on any atom is -0.387 e. The summed E-state index contributed by atoms with van der Waals surface area (Å²) >= 11 is 0. The zero-order valence-corrected chi connectivity index (χ0v) is 17.7. The van der Waals surface area contributed by atoms with Gasteiger partial charge in [-0.3, -0.25) is 9.78 Å². The van der Waals surface area contributed by atoms with E-state index in [9.17, 15) is 15.0 Å². The van der Waals surface area contributed by atoms with Gasteiger partial charge in [0, 0.05) is 11.6 Å². The van der Waals surface area contributed by atoms with Crippen molar-refractivity contribution in [2.24, 2.45) is 11.1 Å². The van der Waals surface area contributed by atoms with Gasteiger partial charge in [0.15, 0.2) is 0 Å². The maximum atomic E-state index is 12.1. The first-order valence-corrected chi connectivity index (χ1v) is 10.5. The summed E-state index contributed by atoms with van der Waals surface area (Å²) in [5, 5.41) is 21.0. The SMILES string of the molecule is CC1(C)CC=C(c2nc(C3CC4(C)OC(C)(C3)C(O)C4O)ccc2C(N)=O)CC1. The van der Waals surface area contributed by atoms with Crippen LogP contribution in [0.15, 0.2) is 18.2 Å². The summed E-state index contributed by atoms with van der Waals surface area (Å²) in [6.07, 6.45) is 4.31. The Labute approximate surface area is 172 Å². The molecule has 3 heterocycles. The first kappa shape index (κ1) is 20.5. The van der Waals surface area contributed by atoms with Crippen molar-refractivity contribution < 1.29 is 19.7 Å². The number of ether oxygens (including phenoxy) is 1. The summed E-state index contributed by atoms with van der Waals surface area (Å²) in [7, 11) is 0. The highest BCUT2D eigenvalue weighted by atomic mass is 16.6. The molecule has 158 valence electrons. The van der Waals surface area contributed by atoms with Crippen LogP contribution in [0.1, 0.15) is 87.5 Å². The van der Waals surface area contributed by atoms with Crippen LogP contribution < -0.4 is 5.73 Å². The van der Waals surface area contributed by atoms with Gasteiger partial charge in [-0.2, -0.15) is 0 Å². The first-order chi connectivity index (χ1) is 13.4. The number of rotatable bonds is 3. The maximum Gasteiger partial charge on any atom is 0.250 e. The van der Waals surface area contributed by atoms with Gasteiger partial charge in [0.25, 0.3) is 5.91 Å². The van der Waals surface area contributed by atoms with Crippen LogP contribution in [0.3, 0.4) is 0 Å². The van der Waals surface area contributed by atoms with Crippen molar-refractivity contribution in [1.29, 1.82) is 0 Å². The number of carbonyl (C=O) groups excluding carboxylic acids is 1. The van der Waals surface area contributed by atoms with Crippen molar-refractivity contribution in [2.45, 2.75) is 89.1 Å². The molecule has 2 aliphatic heterocycles. The van der Waals surface area contributed by atoms with Crippen molar-refractivity contribution in [3.8, 4) is 0 Å². The Morgan fingerprint density at radius 1 is 1.14 bits per heavy atom. The molecule has 1 aliphatic carbocycles. The minimum atomic E-state index is -0.926. The number of nitrogens with zero attached hydrogens (tertiary/aromatic N) is 1. The molecule has 29 heavy (non-hydrogen) atoms. The lowest BCUT2D eigenvalue weighted by Gasteiger charge is -2.41. The van der Waals surface area contributed by atoms with E-state index in [2.05, 4.69) is 19.9 Å². The van der Waals surface area contributed by atoms with Crippen molar-refractivity contribution in [1.82, 2.24) is 4.98 Å². The van der Waals surface area contributed by atoms with E-state index in [-0.39, 0.29) is 11.3 Å². The van der Waals surface area contributed by atoms with Gasteiger partial charge in [-0.15, -0.1) is 0 Å². The number of aliphatic hydroxyl groups excluding tert-OH is 2. The summed E-state index contributed by atoms with van der Waals surface area (Å²) in [5.74, 6) is -0.451. The lowest BCUT2D eigenvalue weighted by atomic mass is 9.77. The Kier molecular flexibility index (Phi) is 4.68. The largest absolute Gasteiger partial charge is 0.387 e. The third-order valence-corrected chi connectivity index (χ3v) is 7.20. The predicted octanol–water partition coefficient (Wildman–Crippen LogP) is 2.92. The predicted molar refractivity (Wildman–Crippen MR) is 110 cm³/mol. The molecule has 1 amide bonds. The third kappa shape index (κ3) is 3.41. The molecular formula is C23H32N2O4. The molecule has 0 saturated carbocycles. The second-order valence-corrected chi connectivity index (χ2v) is 10.3. The van der Waals surface area contributed by atoms with Crippen LogP contribution in [0.2, 0.25) is 0 Å². The number of amides is 1. The number of allylic oxidation sites excluding steroid dienone is 2. The highest BCUT2D eigenvalue weighted by Crippen LogP contribution is 2.53. The second-order valence-electron chi connectivity index (χ2n) is 10.3. The molecule has 4 unspecified atom stereocenters. The standard InChI is InChI=1S/C23H32N2O4/c1-21(2)9-7-13(8-10-21)17-15(20(24)28)5-6-16(25-17)14-11-22(3)18(26)19(27)23(4,12-14)29-22/h5-7,14,18-19,26-27H,8-12H2,1-4H3,(H2,24,28). The van der Waals surface area contributed by atoms with Crippen LogP contribution in [0.4, 0.5) is 0 Å². The van der Waals surface area contributed by atoms with Crippen molar-refractivity contribution in [3.63, 3.8) is 0 Å². The molecule has 4 N–H and O–H groups in total. The quantitative estimate of drug-likeness (QED) is 0.723.